The molecule has 1 aromatic heterocycles. The Balaban J connectivity index is 1.94. The van der Waals surface area contributed by atoms with Crippen molar-refractivity contribution >= 4 is 22.1 Å². The molecule has 0 bridgehead atoms. The molecule has 0 saturated carbocycles. The van der Waals surface area contributed by atoms with Crippen LogP contribution in [0.5, 0.6) is 5.75 Å². The van der Waals surface area contributed by atoms with Gasteiger partial charge < -0.3 is 18.7 Å². The lowest BCUT2D eigenvalue weighted by Gasteiger charge is -2.29. The van der Waals surface area contributed by atoms with Crippen LogP contribution in [0.4, 0.5) is 0 Å². The van der Waals surface area contributed by atoms with Crippen LogP contribution < -0.4 is 4.74 Å². The summed E-state index contributed by atoms with van der Waals surface area (Å²) in [4.78, 5) is 27.7. The molecule has 0 aliphatic rings. The Morgan fingerprint density at radius 1 is 0.917 bits per heavy atom. The molecular weight excluding hydrogens is 488 g/mol. The summed E-state index contributed by atoms with van der Waals surface area (Å²) in [6, 6.07) is 10.0. The Morgan fingerprint density at radius 2 is 1.44 bits per heavy atom. The van der Waals surface area contributed by atoms with E-state index < -0.39 is 22.1 Å². The highest BCUT2D eigenvalue weighted by Crippen LogP contribution is 2.13. The smallest absolute Gasteiger partial charge is 0.356 e. The fraction of sp³-hybridized carbons (Fsp3) is 0.400. The number of esters is 2. The van der Waals surface area contributed by atoms with Gasteiger partial charge in [-0.1, -0.05) is 11.8 Å². The summed E-state index contributed by atoms with van der Waals surface area (Å²) >= 11 is 0. The van der Waals surface area contributed by atoms with Gasteiger partial charge in [-0.3, -0.25) is 4.55 Å². The average Bonchev–Trinajstić information content (AvgIpc) is 2.83. The minimum absolute atomic E-state index is 0.0475. The van der Waals surface area contributed by atoms with Crippen LogP contribution in [0.2, 0.25) is 0 Å². The SMILES string of the molecule is COC(=O)c1cc(C#Cc2ccc(OCCC[N+](C)(C)CCCS(=O)(=O)O)cc2)cc(C(=O)OC)n1. The summed E-state index contributed by atoms with van der Waals surface area (Å²) in [7, 11) is 2.52. The van der Waals surface area contributed by atoms with Crippen molar-refractivity contribution in [2.45, 2.75) is 12.8 Å². The van der Waals surface area contributed by atoms with Crippen molar-refractivity contribution < 1.29 is 41.3 Å². The summed E-state index contributed by atoms with van der Waals surface area (Å²) in [5, 5.41) is 0. The average molecular weight is 520 g/mol. The molecule has 10 nitrogen and oxygen atoms in total. The lowest BCUT2D eigenvalue weighted by atomic mass is 10.1. The Morgan fingerprint density at radius 3 is 1.97 bits per heavy atom. The lowest BCUT2D eigenvalue weighted by molar-refractivity contribution is -0.890. The van der Waals surface area contributed by atoms with Crippen LogP contribution in [0.15, 0.2) is 36.4 Å². The second kappa shape index (κ2) is 13.0. The van der Waals surface area contributed by atoms with Gasteiger partial charge in [-0.05, 0) is 36.4 Å². The van der Waals surface area contributed by atoms with Crippen molar-refractivity contribution in [1.29, 1.82) is 0 Å². The molecule has 2 aromatic rings. The van der Waals surface area contributed by atoms with Gasteiger partial charge in [0.25, 0.3) is 10.1 Å². The fourth-order valence-electron chi connectivity index (χ4n) is 3.27. The van der Waals surface area contributed by atoms with E-state index in [4.69, 9.17) is 9.29 Å². The van der Waals surface area contributed by atoms with E-state index in [2.05, 4.69) is 26.3 Å². The first-order valence-electron chi connectivity index (χ1n) is 11.1. The summed E-state index contributed by atoms with van der Waals surface area (Å²) in [5.41, 5.74) is 1.01. The van der Waals surface area contributed by atoms with Crippen molar-refractivity contribution in [2.75, 3.05) is 53.8 Å². The van der Waals surface area contributed by atoms with Crippen molar-refractivity contribution in [3.8, 4) is 17.6 Å². The van der Waals surface area contributed by atoms with E-state index in [1.54, 1.807) is 24.3 Å². The second-order valence-electron chi connectivity index (χ2n) is 8.61. The number of nitrogens with zero attached hydrogens (tertiary/aromatic N) is 2. The highest BCUT2D eigenvalue weighted by atomic mass is 32.2. The van der Waals surface area contributed by atoms with Crippen LogP contribution in [0.25, 0.3) is 0 Å². The summed E-state index contributed by atoms with van der Waals surface area (Å²) in [5.74, 6) is 4.95. The van der Waals surface area contributed by atoms with Crippen molar-refractivity contribution in [3.63, 3.8) is 0 Å². The van der Waals surface area contributed by atoms with Gasteiger partial charge in [-0.25, -0.2) is 14.6 Å². The third kappa shape index (κ3) is 10.0. The van der Waals surface area contributed by atoms with Crippen LogP contribution in [0.1, 0.15) is 44.9 Å². The molecule has 36 heavy (non-hydrogen) atoms. The van der Waals surface area contributed by atoms with E-state index in [-0.39, 0.29) is 17.1 Å². The molecule has 0 spiro atoms. The number of carbonyl (C=O) groups is 2. The number of pyridine rings is 1. The zero-order chi connectivity index (χ0) is 26.8. The monoisotopic (exact) mass is 519 g/mol. The van der Waals surface area contributed by atoms with E-state index in [0.29, 0.717) is 40.9 Å². The number of hydrogen-bond donors (Lipinski definition) is 1. The normalized spacial score (nSPS) is 11.2. The van der Waals surface area contributed by atoms with Crippen LogP contribution >= 0.6 is 0 Å². The molecule has 2 rings (SSSR count). The van der Waals surface area contributed by atoms with Gasteiger partial charge in [0.05, 0.1) is 53.8 Å². The first-order valence-corrected chi connectivity index (χ1v) is 12.7. The largest absolute Gasteiger partial charge is 0.493 e. The van der Waals surface area contributed by atoms with Crippen LogP contribution in [0, 0.1) is 11.8 Å². The maximum Gasteiger partial charge on any atom is 0.356 e. The van der Waals surface area contributed by atoms with Gasteiger partial charge in [-0.2, -0.15) is 8.42 Å². The lowest BCUT2D eigenvalue weighted by Crippen LogP contribution is -2.42. The van der Waals surface area contributed by atoms with Crippen molar-refractivity contribution in [2.24, 2.45) is 0 Å². The Bertz CT molecular complexity index is 1190. The molecule has 0 amide bonds. The number of quaternary nitrogens is 1. The summed E-state index contributed by atoms with van der Waals surface area (Å²) < 4.78 is 46.3. The molecule has 1 heterocycles. The Labute approximate surface area is 211 Å². The zero-order valence-corrected chi connectivity index (χ0v) is 21.6. The molecular formula is C25H31N2O8S+. The number of methoxy groups -OCH3 is 2. The summed E-state index contributed by atoms with van der Waals surface area (Å²) in [6.07, 6.45) is 1.16. The molecule has 0 atom stereocenters. The quantitative estimate of drug-likeness (QED) is 0.156. The molecule has 1 N–H and O–H groups in total. The van der Waals surface area contributed by atoms with E-state index in [9.17, 15) is 18.0 Å². The fourth-order valence-corrected chi connectivity index (χ4v) is 3.76. The van der Waals surface area contributed by atoms with Crippen LogP contribution in [-0.2, 0) is 19.6 Å². The maximum absolute atomic E-state index is 11.9. The predicted molar refractivity (Wildman–Crippen MR) is 132 cm³/mol. The minimum Gasteiger partial charge on any atom is -0.493 e. The highest BCUT2D eigenvalue weighted by molar-refractivity contribution is 7.85. The van der Waals surface area contributed by atoms with Crippen LogP contribution in [-0.4, -0.2) is 88.1 Å². The molecule has 1 aromatic carbocycles. The number of hydrogen-bond acceptors (Lipinski definition) is 8. The molecule has 194 valence electrons. The van der Waals surface area contributed by atoms with Crippen LogP contribution in [0.3, 0.4) is 0 Å². The molecule has 11 heteroatoms. The first-order chi connectivity index (χ1) is 16.9. The topological polar surface area (TPSA) is 129 Å². The van der Waals surface area contributed by atoms with E-state index in [0.717, 1.165) is 13.0 Å². The Hall–Kier alpha value is -3.46. The third-order valence-corrected chi connectivity index (χ3v) is 5.97. The minimum atomic E-state index is -3.93. The predicted octanol–water partition coefficient (Wildman–Crippen LogP) is 2.18. The number of aromatic nitrogens is 1. The molecule has 0 fully saturated rings. The number of rotatable bonds is 11. The summed E-state index contributed by atoms with van der Waals surface area (Å²) in [6.45, 7) is 1.92. The second-order valence-corrected chi connectivity index (χ2v) is 10.2. The number of carbonyl (C=O) groups excluding carboxylic acids is 2. The molecule has 0 radical (unpaired) electrons. The molecule has 0 aliphatic carbocycles. The van der Waals surface area contributed by atoms with Gasteiger partial charge in [-0.15, -0.1) is 0 Å². The number of benzene rings is 1. The van der Waals surface area contributed by atoms with Gasteiger partial charge in [0.1, 0.15) is 5.75 Å². The zero-order valence-electron chi connectivity index (χ0n) is 20.8. The standard InChI is InChI=1S/C25H30N2O8S/c1-27(2,14-6-16-36(30,31)32)13-5-15-35-21-11-9-19(10-12-21)7-8-20-17-22(24(28)33-3)26-23(18-20)25(29)34-4/h9-12,17-18H,5-6,13-16H2,1-4H3/p+1. The molecule has 0 aliphatic heterocycles. The van der Waals surface area contributed by atoms with Gasteiger partial charge >= 0.3 is 11.9 Å². The third-order valence-electron chi connectivity index (χ3n) is 5.16. The van der Waals surface area contributed by atoms with Crippen molar-refractivity contribution in [1.82, 2.24) is 4.98 Å². The molecule has 0 saturated heterocycles. The molecule has 0 unspecified atom stereocenters. The van der Waals surface area contributed by atoms with E-state index >= 15 is 0 Å². The van der Waals surface area contributed by atoms with Gasteiger partial charge in [0.2, 0.25) is 0 Å². The first kappa shape index (κ1) is 28.8. The number of ether oxygens (including phenoxy) is 3. The van der Waals surface area contributed by atoms with E-state index in [1.165, 1.54) is 26.4 Å². The Kier molecular flexibility index (Phi) is 10.4. The van der Waals surface area contributed by atoms with Gasteiger partial charge in [0.15, 0.2) is 11.4 Å². The van der Waals surface area contributed by atoms with Gasteiger partial charge in [0, 0.05) is 24.0 Å². The highest BCUT2D eigenvalue weighted by Gasteiger charge is 2.17. The van der Waals surface area contributed by atoms with Crippen molar-refractivity contribution in [3.05, 3.63) is 58.9 Å². The van der Waals surface area contributed by atoms with E-state index in [1.807, 2.05) is 14.1 Å². The maximum atomic E-state index is 11.9.